The van der Waals surface area contributed by atoms with Crippen molar-refractivity contribution in [1.29, 1.82) is 0 Å². The molecule has 1 heterocycles. The van der Waals surface area contributed by atoms with E-state index in [9.17, 15) is 4.39 Å². The van der Waals surface area contributed by atoms with Gasteiger partial charge in [0.05, 0.1) is 13.7 Å². The first-order chi connectivity index (χ1) is 5.62. The Hall–Kier alpha value is -0.710. The molecule has 0 amide bonds. The van der Waals surface area contributed by atoms with E-state index >= 15 is 0 Å². The minimum absolute atomic E-state index is 0.00509. The summed E-state index contributed by atoms with van der Waals surface area (Å²) in [4.78, 5) is 5.14. The van der Waals surface area contributed by atoms with Gasteiger partial charge >= 0.3 is 0 Å². The van der Waals surface area contributed by atoms with Crippen molar-refractivity contribution in [2.75, 3.05) is 20.7 Å². The second-order valence-corrected chi connectivity index (χ2v) is 2.92. The number of likely N-dealkylation sites (N-methyl/N-ethyl adjacent to an activating group) is 1. The van der Waals surface area contributed by atoms with E-state index in [2.05, 4.69) is 0 Å². The molecule has 2 N–H and O–H groups in total. The molecule has 0 aromatic carbocycles. The number of nitrogens with two attached hydrogens (primary N) is 1. The quantitative estimate of drug-likeness (QED) is 0.624. The summed E-state index contributed by atoms with van der Waals surface area (Å²) in [5.41, 5.74) is 5.50. The normalized spacial score (nSPS) is 35.0. The van der Waals surface area contributed by atoms with Crippen molar-refractivity contribution in [3.05, 3.63) is 24.2 Å². The molecule has 0 aromatic heterocycles. The summed E-state index contributed by atoms with van der Waals surface area (Å²) in [6.45, 7) is 0.435. The highest BCUT2D eigenvalue weighted by Gasteiger charge is 2.32. The van der Waals surface area contributed by atoms with Gasteiger partial charge < -0.3 is 5.73 Å². The number of rotatable bonds is 2. The molecule has 1 aliphatic rings. The first-order valence-electron chi connectivity index (χ1n) is 3.80. The van der Waals surface area contributed by atoms with Gasteiger partial charge in [-0.15, -0.1) is 4.65 Å². The third-order valence-electron chi connectivity index (χ3n) is 2.15. The third kappa shape index (κ3) is 1.55. The predicted molar refractivity (Wildman–Crippen MR) is 44.4 cm³/mol. The van der Waals surface area contributed by atoms with Crippen LogP contribution in [0.2, 0.25) is 0 Å². The third-order valence-corrected chi connectivity index (χ3v) is 2.15. The lowest BCUT2D eigenvalue weighted by Gasteiger charge is -2.33. The van der Waals surface area contributed by atoms with Gasteiger partial charge in [-0.2, -0.15) is 0 Å². The van der Waals surface area contributed by atoms with E-state index in [-0.39, 0.29) is 16.5 Å². The molecule has 68 valence electrons. The van der Waals surface area contributed by atoms with Gasteiger partial charge in [-0.25, -0.2) is 9.23 Å². The number of hydroxylamine groups is 3. The van der Waals surface area contributed by atoms with E-state index in [1.54, 1.807) is 13.1 Å². The van der Waals surface area contributed by atoms with E-state index in [4.69, 9.17) is 10.6 Å². The maximum atomic E-state index is 12.8. The summed E-state index contributed by atoms with van der Waals surface area (Å²) in [6, 6.07) is -0.00509. The number of halogens is 1. The Balaban J connectivity index is 2.88. The maximum Gasteiger partial charge on any atom is 0.179 e. The molecule has 0 saturated heterocycles. The lowest BCUT2D eigenvalue weighted by molar-refractivity contribution is -1.06. The van der Waals surface area contributed by atoms with Gasteiger partial charge in [-0.05, 0) is 12.2 Å². The number of allylic oxidation sites excluding steroid dienone is 2. The Morgan fingerprint density at radius 3 is 2.92 bits per heavy atom. The molecule has 0 radical (unpaired) electrons. The molecular formula is C8H14FN2O+. The van der Waals surface area contributed by atoms with Gasteiger partial charge in [0.25, 0.3) is 0 Å². The number of quaternary nitrogens is 1. The zero-order chi connectivity index (χ0) is 9.19. The summed E-state index contributed by atoms with van der Waals surface area (Å²) >= 11 is 0. The van der Waals surface area contributed by atoms with Crippen molar-refractivity contribution in [2.24, 2.45) is 5.73 Å². The fourth-order valence-corrected chi connectivity index (χ4v) is 1.23. The highest BCUT2D eigenvalue weighted by Crippen LogP contribution is 2.21. The SMILES string of the molecule is CO[N+]1(C)C=C(F)C=CC1CN. The molecule has 12 heavy (non-hydrogen) atoms. The second kappa shape index (κ2) is 3.35. The monoisotopic (exact) mass is 173 g/mol. The van der Waals surface area contributed by atoms with Crippen molar-refractivity contribution >= 4 is 0 Å². The lowest BCUT2D eigenvalue weighted by atomic mass is 10.2. The average Bonchev–Trinajstić information content (AvgIpc) is 2.05. The van der Waals surface area contributed by atoms with Gasteiger partial charge in [-0.3, -0.25) is 0 Å². The average molecular weight is 173 g/mol. The molecule has 0 aromatic rings. The largest absolute Gasteiger partial charge is 0.325 e. The molecule has 0 bridgehead atoms. The molecule has 3 nitrogen and oxygen atoms in total. The molecule has 4 heteroatoms. The number of hydrogen-bond donors (Lipinski definition) is 1. The first-order valence-corrected chi connectivity index (χ1v) is 3.80. The highest BCUT2D eigenvalue weighted by atomic mass is 19.1. The Labute approximate surface area is 71.5 Å². The molecule has 0 saturated carbocycles. The van der Waals surface area contributed by atoms with Crippen molar-refractivity contribution in [2.45, 2.75) is 6.04 Å². The van der Waals surface area contributed by atoms with Crippen LogP contribution in [0.4, 0.5) is 4.39 Å². The molecule has 0 spiro atoms. The number of hydrogen-bond acceptors (Lipinski definition) is 2. The molecule has 1 aliphatic heterocycles. The van der Waals surface area contributed by atoms with Crippen LogP contribution < -0.4 is 5.73 Å². The first kappa shape index (κ1) is 9.38. The Bertz CT molecular complexity index is 227. The zero-order valence-corrected chi connectivity index (χ0v) is 7.33. The van der Waals surface area contributed by atoms with Crippen molar-refractivity contribution in [3.8, 4) is 0 Å². The highest BCUT2D eigenvalue weighted by molar-refractivity contribution is 5.14. The summed E-state index contributed by atoms with van der Waals surface area (Å²) < 4.78 is 12.9. The van der Waals surface area contributed by atoms with Crippen molar-refractivity contribution in [1.82, 2.24) is 0 Å². The minimum atomic E-state index is -0.288. The van der Waals surface area contributed by atoms with E-state index in [0.717, 1.165) is 0 Å². The van der Waals surface area contributed by atoms with Crippen LogP contribution in [0.5, 0.6) is 0 Å². The standard InChI is InChI=1S/C8H14FN2O/c1-11(12-2)6-7(9)3-4-8(11)5-10/h3-4,6,8H,5,10H2,1-2H3/q+1. The smallest absolute Gasteiger partial charge is 0.179 e. The van der Waals surface area contributed by atoms with Gasteiger partial charge in [0.15, 0.2) is 18.1 Å². The van der Waals surface area contributed by atoms with Crippen LogP contribution in [-0.2, 0) is 4.84 Å². The zero-order valence-electron chi connectivity index (χ0n) is 7.33. The molecule has 0 aliphatic carbocycles. The Kier molecular flexibility index (Phi) is 2.62. The fourth-order valence-electron chi connectivity index (χ4n) is 1.23. The summed E-state index contributed by atoms with van der Waals surface area (Å²) in [6.07, 6.45) is 4.53. The molecular weight excluding hydrogens is 159 g/mol. The van der Waals surface area contributed by atoms with Gasteiger partial charge in [-0.1, -0.05) is 0 Å². The van der Waals surface area contributed by atoms with Crippen LogP contribution in [0.15, 0.2) is 24.2 Å². The summed E-state index contributed by atoms with van der Waals surface area (Å²) in [5.74, 6) is -0.288. The topological polar surface area (TPSA) is 35.2 Å². The van der Waals surface area contributed by atoms with Crippen LogP contribution in [0.3, 0.4) is 0 Å². The predicted octanol–water partition coefficient (Wildman–Crippen LogP) is 0.702. The van der Waals surface area contributed by atoms with Crippen LogP contribution in [0, 0.1) is 0 Å². The van der Waals surface area contributed by atoms with E-state index in [1.807, 2.05) is 0 Å². The Morgan fingerprint density at radius 2 is 2.42 bits per heavy atom. The second-order valence-electron chi connectivity index (χ2n) is 2.92. The van der Waals surface area contributed by atoms with E-state index < -0.39 is 0 Å². The molecule has 0 fully saturated rings. The molecule has 2 atom stereocenters. The van der Waals surface area contributed by atoms with Gasteiger partial charge in [0.2, 0.25) is 0 Å². The van der Waals surface area contributed by atoms with Gasteiger partial charge in [0, 0.05) is 0 Å². The Morgan fingerprint density at radius 1 is 1.75 bits per heavy atom. The van der Waals surface area contributed by atoms with Crippen LogP contribution >= 0.6 is 0 Å². The maximum absolute atomic E-state index is 12.8. The van der Waals surface area contributed by atoms with Crippen LogP contribution in [-0.4, -0.2) is 31.4 Å². The molecule has 1 rings (SSSR count). The van der Waals surface area contributed by atoms with E-state index in [1.165, 1.54) is 19.4 Å². The number of nitrogens with zero attached hydrogens (tertiary/aromatic N) is 1. The van der Waals surface area contributed by atoms with Crippen LogP contribution in [0.25, 0.3) is 0 Å². The lowest BCUT2D eigenvalue weighted by Crippen LogP contribution is -2.50. The minimum Gasteiger partial charge on any atom is -0.325 e. The van der Waals surface area contributed by atoms with Crippen molar-refractivity contribution in [3.63, 3.8) is 0 Å². The van der Waals surface area contributed by atoms with E-state index in [0.29, 0.717) is 6.54 Å². The fraction of sp³-hybridized carbons (Fsp3) is 0.500. The molecule has 2 unspecified atom stereocenters. The van der Waals surface area contributed by atoms with Gasteiger partial charge in [0.1, 0.15) is 7.05 Å². The van der Waals surface area contributed by atoms with Crippen LogP contribution in [0.1, 0.15) is 0 Å². The summed E-state index contributed by atoms with van der Waals surface area (Å²) in [7, 11) is 3.30. The van der Waals surface area contributed by atoms with Crippen molar-refractivity contribution < 1.29 is 13.9 Å². The summed E-state index contributed by atoms with van der Waals surface area (Å²) in [5, 5.41) is 0.